The highest BCUT2D eigenvalue weighted by Crippen LogP contribution is 2.27. The van der Waals surface area contributed by atoms with Crippen LogP contribution in [0.25, 0.3) is 0 Å². The number of benzene rings is 2. The molecule has 0 amide bonds. The van der Waals surface area contributed by atoms with Crippen LogP contribution < -0.4 is 5.73 Å². The summed E-state index contributed by atoms with van der Waals surface area (Å²) in [5.74, 6) is 0. The molecule has 19 heavy (non-hydrogen) atoms. The van der Waals surface area contributed by atoms with Gasteiger partial charge in [-0.2, -0.15) is 0 Å². The van der Waals surface area contributed by atoms with Gasteiger partial charge in [-0.05, 0) is 35.7 Å². The van der Waals surface area contributed by atoms with Gasteiger partial charge in [0.15, 0.2) is 0 Å². The lowest BCUT2D eigenvalue weighted by molar-refractivity contribution is -0.384. The van der Waals surface area contributed by atoms with Crippen LogP contribution in [-0.4, -0.2) is 4.92 Å². The summed E-state index contributed by atoms with van der Waals surface area (Å²) in [5, 5.41) is 11.4. The monoisotopic (exact) mass is 276 g/mol. The fourth-order valence-electron chi connectivity index (χ4n) is 1.96. The molecular formula is C14H13ClN2O2. The van der Waals surface area contributed by atoms with Gasteiger partial charge in [0.1, 0.15) is 0 Å². The lowest BCUT2D eigenvalue weighted by Gasteiger charge is -2.15. The molecule has 0 saturated carbocycles. The number of non-ortho nitro benzene ring substituents is 1. The van der Waals surface area contributed by atoms with Crippen molar-refractivity contribution in [3.63, 3.8) is 0 Å². The fourth-order valence-corrected chi connectivity index (χ4v) is 2.15. The van der Waals surface area contributed by atoms with E-state index in [1.165, 1.54) is 12.1 Å². The molecule has 2 rings (SSSR count). The van der Waals surface area contributed by atoms with Crippen LogP contribution in [0.2, 0.25) is 5.02 Å². The molecule has 0 bridgehead atoms. The van der Waals surface area contributed by atoms with E-state index in [0.29, 0.717) is 5.02 Å². The number of nitrogens with zero attached hydrogens (tertiary/aromatic N) is 1. The Bertz CT molecular complexity index is 629. The second-order valence-electron chi connectivity index (χ2n) is 4.33. The van der Waals surface area contributed by atoms with E-state index in [1.807, 2.05) is 19.1 Å². The van der Waals surface area contributed by atoms with E-state index >= 15 is 0 Å². The summed E-state index contributed by atoms with van der Waals surface area (Å²) in [6.45, 7) is 1.88. The number of aryl methyl sites for hydroxylation is 1. The molecule has 0 aliphatic carbocycles. The second kappa shape index (κ2) is 5.38. The van der Waals surface area contributed by atoms with E-state index in [0.717, 1.165) is 16.7 Å². The number of nitro benzene ring substituents is 1. The van der Waals surface area contributed by atoms with Crippen molar-refractivity contribution in [1.29, 1.82) is 0 Å². The van der Waals surface area contributed by atoms with Crippen LogP contribution in [0.4, 0.5) is 5.69 Å². The lowest BCUT2D eigenvalue weighted by Crippen LogP contribution is -2.13. The van der Waals surface area contributed by atoms with Gasteiger partial charge < -0.3 is 5.73 Å². The van der Waals surface area contributed by atoms with Gasteiger partial charge in [-0.3, -0.25) is 10.1 Å². The Morgan fingerprint density at radius 2 is 2.00 bits per heavy atom. The van der Waals surface area contributed by atoms with Gasteiger partial charge in [-0.1, -0.05) is 29.8 Å². The van der Waals surface area contributed by atoms with Gasteiger partial charge in [0, 0.05) is 17.2 Å². The lowest BCUT2D eigenvalue weighted by atomic mass is 9.95. The van der Waals surface area contributed by atoms with Crippen LogP contribution in [0, 0.1) is 17.0 Å². The maximum Gasteiger partial charge on any atom is 0.269 e. The average Bonchev–Trinajstić information content (AvgIpc) is 2.38. The van der Waals surface area contributed by atoms with Gasteiger partial charge in [0.05, 0.1) is 11.0 Å². The Labute approximate surface area is 116 Å². The first-order valence-corrected chi connectivity index (χ1v) is 6.13. The summed E-state index contributed by atoms with van der Waals surface area (Å²) in [7, 11) is 0. The molecule has 5 heteroatoms. The number of hydrogen-bond donors (Lipinski definition) is 1. The first kappa shape index (κ1) is 13.5. The van der Waals surface area contributed by atoms with Crippen LogP contribution in [0.5, 0.6) is 0 Å². The Morgan fingerprint density at radius 3 is 2.63 bits per heavy atom. The molecule has 0 fully saturated rings. The molecule has 0 aliphatic heterocycles. The number of rotatable bonds is 3. The Morgan fingerprint density at radius 1 is 1.26 bits per heavy atom. The molecule has 0 aliphatic rings. The van der Waals surface area contributed by atoms with Gasteiger partial charge >= 0.3 is 0 Å². The van der Waals surface area contributed by atoms with Crippen molar-refractivity contribution in [2.75, 3.05) is 0 Å². The maximum absolute atomic E-state index is 10.8. The zero-order valence-electron chi connectivity index (χ0n) is 10.3. The fraction of sp³-hybridized carbons (Fsp3) is 0.143. The molecule has 2 aromatic carbocycles. The molecule has 2 aromatic rings. The summed E-state index contributed by atoms with van der Waals surface area (Å²) in [6.07, 6.45) is 0. The second-order valence-corrected chi connectivity index (χ2v) is 4.77. The van der Waals surface area contributed by atoms with E-state index in [-0.39, 0.29) is 5.69 Å². The van der Waals surface area contributed by atoms with E-state index in [2.05, 4.69) is 0 Å². The molecule has 0 aromatic heterocycles. The van der Waals surface area contributed by atoms with Crippen molar-refractivity contribution in [1.82, 2.24) is 0 Å². The van der Waals surface area contributed by atoms with Gasteiger partial charge in [0.25, 0.3) is 5.69 Å². The molecule has 98 valence electrons. The molecular weight excluding hydrogens is 264 g/mol. The topological polar surface area (TPSA) is 69.2 Å². The van der Waals surface area contributed by atoms with E-state index in [4.69, 9.17) is 17.3 Å². The molecule has 1 unspecified atom stereocenters. The van der Waals surface area contributed by atoms with Crippen molar-refractivity contribution in [3.8, 4) is 0 Å². The minimum atomic E-state index is -0.432. The molecule has 2 N–H and O–H groups in total. The van der Waals surface area contributed by atoms with E-state index in [9.17, 15) is 10.1 Å². The smallest absolute Gasteiger partial charge is 0.269 e. The summed E-state index contributed by atoms with van der Waals surface area (Å²) in [5.41, 5.74) is 8.69. The van der Waals surface area contributed by atoms with Crippen molar-refractivity contribution in [2.24, 2.45) is 5.73 Å². The van der Waals surface area contributed by atoms with Crippen LogP contribution in [-0.2, 0) is 0 Å². The zero-order chi connectivity index (χ0) is 14.0. The van der Waals surface area contributed by atoms with Crippen molar-refractivity contribution >= 4 is 17.3 Å². The highest BCUT2D eigenvalue weighted by molar-refractivity contribution is 6.30. The van der Waals surface area contributed by atoms with Gasteiger partial charge in [-0.25, -0.2) is 0 Å². The van der Waals surface area contributed by atoms with Crippen LogP contribution in [0.15, 0.2) is 42.5 Å². The minimum Gasteiger partial charge on any atom is -0.320 e. The summed E-state index contributed by atoms with van der Waals surface area (Å²) in [4.78, 5) is 10.4. The number of hydrogen-bond acceptors (Lipinski definition) is 3. The van der Waals surface area contributed by atoms with Crippen molar-refractivity contribution < 1.29 is 4.92 Å². The number of nitrogens with two attached hydrogens (primary N) is 1. The Kier molecular flexibility index (Phi) is 3.83. The molecule has 4 nitrogen and oxygen atoms in total. The quantitative estimate of drug-likeness (QED) is 0.688. The van der Waals surface area contributed by atoms with Crippen LogP contribution >= 0.6 is 11.6 Å². The molecule has 0 heterocycles. The predicted molar refractivity (Wildman–Crippen MR) is 75.3 cm³/mol. The largest absolute Gasteiger partial charge is 0.320 e. The summed E-state index contributed by atoms with van der Waals surface area (Å²) in [6, 6.07) is 11.5. The first-order chi connectivity index (χ1) is 8.99. The normalized spacial score (nSPS) is 12.2. The molecule has 0 saturated heterocycles. The standard InChI is InChI=1S/C14H13ClN2O2/c1-9-5-6-12(17(18)19)8-13(9)14(16)10-3-2-4-11(15)7-10/h2-8,14H,16H2,1H3. The molecule has 1 atom stereocenters. The van der Waals surface area contributed by atoms with E-state index < -0.39 is 11.0 Å². The summed E-state index contributed by atoms with van der Waals surface area (Å²) >= 11 is 5.93. The average molecular weight is 277 g/mol. The molecule has 0 radical (unpaired) electrons. The predicted octanol–water partition coefficient (Wildman–Crippen LogP) is 3.60. The Balaban J connectivity index is 2.46. The third-order valence-corrected chi connectivity index (χ3v) is 3.25. The number of halogens is 1. The van der Waals surface area contributed by atoms with Gasteiger partial charge in [0.2, 0.25) is 0 Å². The van der Waals surface area contributed by atoms with Crippen molar-refractivity contribution in [3.05, 3.63) is 74.3 Å². The summed E-state index contributed by atoms with van der Waals surface area (Å²) < 4.78 is 0. The third-order valence-electron chi connectivity index (χ3n) is 3.02. The number of nitro groups is 1. The van der Waals surface area contributed by atoms with Gasteiger partial charge in [-0.15, -0.1) is 0 Å². The molecule has 0 spiro atoms. The highest BCUT2D eigenvalue weighted by Gasteiger charge is 2.16. The van der Waals surface area contributed by atoms with Crippen LogP contribution in [0.3, 0.4) is 0 Å². The maximum atomic E-state index is 10.8. The zero-order valence-corrected chi connectivity index (χ0v) is 11.1. The first-order valence-electron chi connectivity index (χ1n) is 5.75. The van der Waals surface area contributed by atoms with Crippen molar-refractivity contribution in [2.45, 2.75) is 13.0 Å². The van der Waals surface area contributed by atoms with E-state index in [1.54, 1.807) is 18.2 Å². The highest BCUT2D eigenvalue weighted by atomic mass is 35.5. The third kappa shape index (κ3) is 2.92. The minimum absolute atomic E-state index is 0.0399. The SMILES string of the molecule is Cc1ccc([N+](=O)[O-])cc1C(N)c1cccc(Cl)c1. The van der Waals surface area contributed by atoms with Crippen LogP contribution in [0.1, 0.15) is 22.7 Å². The Hall–Kier alpha value is -1.91.